The number of anilines is 1. The van der Waals surface area contributed by atoms with Crippen LogP contribution in [0.5, 0.6) is 0 Å². The SMILES string of the molecule is C=CC(=O)N1CCC(C(=O)Nc2cncnc2)CC1. The quantitative estimate of drug-likeness (QED) is 0.817. The van der Waals surface area contributed by atoms with Crippen LogP contribution in [0, 0.1) is 5.92 Å². The number of carbonyl (C=O) groups is 2. The van der Waals surface area contributed by atoms with Crippen LogP contribution in [0.25, 0.3) is 0 Å². The number of rotatable bonds is 3. The molecule has 6 heteroatoms. The lowest BCUT2D eigenvalue weighted by Crippen LogP contribution is -2.40. The summed E-state index contributed by atoms with van der Waals surface area (Å²) >= 11 is 0. The number of aromatic nitrogens is 2. The Labute approximate surface area is 111 Å². The number of hydrogen-bond donors (Lipinski definition) is 1. The van der Waals surface area contributed by atoms with E-state index in [0.29, 0.717) is 31.6 Å². The van der Waals surface area contributed by atoms with Crippen molar-refractivity contribution in [2.75, 3.05) is 18.4 Å². The van der Waals surface area contributed by atoms with Gasteiger partial charge in [0.1, 0.15) is 6.33 Å². The summed E-state index contributed by atoms with van der Waals surface area (Å²) in [5.41, 5.74) is 0.595. The Kier molecular flexibility index (Phi) is 4.22. The monoisotopic (exact) mass is 260 g/mol. The Morgan fingerprint density at radius 3 is 2.53 bits per heavy atom. The van der Waals surface area contributed by atoms with Crippen molar-refractivity contribution in [3.8, 4) is 0 Å². The molecule has 2 heterocycles. The van der Waals surface area contributed by atoms with Gasteiger partial charge in [-0.05, 0) is 18.9 Å². The van der Waals surface area contributed by atoms with Crippen molar-refractivity contribution in [1.29, 1.82) is 0 Å². The normalized spacial score (nSPS) is 15.9. The molecule has 100 valence electrons. The first-order valence-electron chi connectivity index (χ1n) is 6.18. The van der Waals surface area contributed by atoms with Gasteiger partial charge in [-0.25, -0.2) is 9.97 Å². The molecule has 2 rings (SSSR count). The highest BCUT2D eigenvalue weighted by molar-refractivity contribution is 5.92. The molecule has 1 aromatic heterocycles. The topological polar surface area (TPSA) is 75.2 Å². The van der Waals surface area contributed by atoms with E-state index in [9.17, 15) is 9.59 Å². The maximum atomic E-state index is 12.0. The molecule has 1 aliphatic rings. The van der Waals surface area contributed by atoms with Crippen LogP contribution >= 0.6 is 0 Å². The second-order valence-corrected chi connectivity index (χ2v) is 4.42. The van der Waals surface area contributed by atoms with E-state index in [4.69, 9.17) is 0 Å². The molecule has 6 nitrogen and oxygen atoms in total. The minimum absolute atomic E-state index is 0.0412. The highest BCUT2D eigenvalue weighted by atomic mass is 16.2. The molecular weight excluding hydrogens is 244 g/mol. The summed E-state index contributed by atoms with van der Waals surface area (Å²) in [6.45, 7) is 4.64. The third-order valence-electron chi connectivity index (χ3n) is 3.18. The molecule has 0 saturated carbocycles. The lowest BCUT2D eigenvalue weighted by Gasteiger charge is -2.30. The molecule has 0 aromatic carbocycles. The van der Waals surface area contributed by atoms with Crippen molar-refractivity contribution in [2.45, 2.75) is 12.8 Å². The van der Waals surface area contributed by atoms with Crippen molar-refractivity contribution in [1.82, 2.24) is 14.9 Å². The fourth-order valence-corrected chi connectivity index (χ4v) is 2.10. The van der Waals surface area contributed by atoms with E-state index in [0.717, 1.165) is 0 Å². The minimum Gasteiger partial charge on any atom is -0.339 e. The van der Waals surface area contributed by atoms with E-state index < -0.39 is 0 Å². The highest BCUT2D eigenvalue weighted by Crippen LogP contribution is 2.19. The predicted octanol–water partition coefficient (Wildman–Crippen LogP) is 0.840. The number of amides is 2. The first kappa shape index (κ1) is 13.2. The van der Waals surface area contributed by atoms with Crippen LogP contribution in [0.4, 0.5) is 5.69 Å². The summed E-state index contributed by atoms with van der Waals surface area (Å²) in [6.07, 6.45) is 7.16. The molecule has 1 fully saturated rings. The fraction of sp³-hybridized carbons (Fsp3) is 0.385. The van der Waals surface area contributed by atoms with Gasteiger partial charge in [-0.15, -0.1) is 0 Å². The molecule has 1 saturated heterocycles. The van der Waals surface area contributed by atoms with Crippen molar-refractivity contribution < 1.29 is 9.59 Å². The van der Waals surface area contributed by atoms with Gasteiger partial charge in [0.15, 0.2) is 0 Å². The molecule has 0 atom stereocenters. The van der Waals surface area contributed by atoms with Crippen LogP contribution in [-0.2, 0) is 9.59 Å². The molecule has 1 aliphatic heterocycles. The fourth-order valence-electron chi connectivity index (χ4n) is 2.10. The molecule has 2 amide bonds. The molecule has 0 spiro atoms. The third-order valence-corrected chi connectivity index (χ3v) is 3.18. The van der Waals surface area contributed by atoms with E-state index in [1.807, 2.05) is 0 Å². The maximum Gasteiger partial charge on any atom is 0.245 e. The average Bonchev–Trinajstić information content (AvgIpc) is 2.47. The molecule has 0 aliphatic carbocycles. The number of nitrogens with one attached hydrogen (secondary N) is 1. The van der Waals surface area contributed by atoms with E-state index in [2.05, 4.69) is 21.9 Å². The minimum atomic E-state index is -0.0749. The summed E-state index contributed by atoms with van der Waals surface area (Å²) < 4.78 is 0. The molecule has 19 heavy (non-hydrogen) atoms. The summed E-state index contributed by atoms with van der Waals surface area (Å²) in [5, 5.41) is 2.78. The Hall–Kier alpha value is -2.24. The van der Waals surface area contributed by atoms with Crippen molar-refractivity contribution in [3.63, 3.8) is 0 Å². The van der Waals surface area contributed by atoms with Crippen molar-refractivity contribution in [2.24, 2.45) is 5.92 Å². The lowest BCUT2D eigenvalue weighted by atomic mass is 9.96. The van der Waals surface area contributed by atoms with Gasteiger partial charge >= 0.3 is 0 Å². The Balaban J connectivity index is 1.86. The Morgan fingerprint density at radius 1 is 1.32 bits per heavy atom. The molecule has 0 bridgehead atoms. The van der Waals surface area contributed by atoms with Gasteiger partial charge in [-0.1, -0.05) is 6.58 Å². The largest absolute Gasteiger partial charge is 0.339 e. The van der Waals surface area contributed by atoms with Crippen LogP contribution in [0.15, 0.2) is 31.4 Å². The zero-order valence-electron chi connectivity index (χ0n) is 10.6. The van der Waals surface area contributed by atoms with Gasteiger partial charge in [-0.2, -0.15) is 0 Å². The first-order chi connectivity index (χ1) is 9.20. The third kappa shape index (κ3) is 3.37. The maximum absolute atomic E-state index is 12.0. The average molecular weight is 260 g/mol. The number of likely N-dealkylation sites (tertiary alicyclic amines) is 1. The second-order valence-electron chi connectivity index (χ2n) is 4.42. The van der Waals surface area contributed by atoms with E-state index in [1.165, 1.54) is 12.4 Å². The summed E-state index contributed by atoms with van der Waals surface area (Å²) in [7, 11) is 0. The molecule has 0 radical (unpaired) electrons. The summed E-state index contributed by atoms with van der Waals surface area (Å²) in [6, 6.07) is 0. The van der Waals surface area contributed by atoms with Gasteiger partial charge in [-0.3, -0.25) is 9.59 Å². The van der Waals surface area contributed by atoms with Crippen LogP contribution in [-0.4, -0.2) is 39.8 Å². The van der Waals surface area contributed by atoms with E-state index in [-0.39, 0.29) is 17.7 Å². The van der Waals surface area contributed by atoms with Gasteiger partial charge in [0.05, 0.1) is 18.1 Å². The molecule has 1 N–H and O–H groups in total. The number of nitrogens with zero attached hydrogens (tertiary/aromatic N) is 3. The van der Waals surface area contributed by atoms with Crippen molar-refractivity contribution in [3.05, 3.63) is 31.4 Å². The van der Waals surface area contributed by atoms with Gasteiger partial charge in [0.25, 0.3) is 0 Å². The van der Waals surface area contributed by atoms with Crippen LogP contribution < -0.4 is 5.32 Å². The highest BCUT2D eigenvalue weighted by Gasteiger charge is 2.26. The molecule has 0 unspecified atom stereocenters. The predicted molar refractivity (Wildman–Crippen MR) is 70.2 cm³/mol. The van der Waals surface area contributed by atoms with Crippen LogP contribution in [0.2, 0.25) is 0 Å². The standard InChI is InChI=1S/C13H16N4O2/c1-2-12(18)17-5-3-10(4-6-17)13(19)16-11-7-14-9-15-8-11/h2,7-10H,1,3-6H2,(H,16,19). The van der Waals surface area contributed by atoms with Crippen LogP contribution in [0.3, 0.4) is 0 Å². The van der Waals surface area contributed by atoms with E-state index >= 15 is 0 Å². The number of piperidine rings is 1. The number of hydrogen-bond acceptors (Lipinski definition) is 4. The zero-order valence-corrected chi connectivity index (χ0v) is 10.6. The van der Waals surface area contributed by atoms with Crippen LogP contribution in [0.1, 0.15) is 12.8 Å². The second kappa shape index (κ2) is 6.08. The first-order valence-corrected chi connectivity index (χ1v) is 6.18. The van der Waals surface area contributed by atoms with Gasteiger partial charge in [0, 0.05) is 19.0 Å². The molecule has 1 aromatic rings. The molecular formula is C13H16N4O2. The van der Waals surface area contributed by atoms with E-state index in [1.54, 1.807) is 17.3 Å². The van der Waals surface area contributed by atoms with Crippen molar-refractivity contribution >= 4 is 17.5 Å². The Bertz CT molecular complexity index is 467. The Morgan fingerprint density at radius 2 is 1.95 bits per heavy atom. The summed E-state index contributed by atoms with van der Waals surface area (Å²) in [4.78, 5) is 32.8. The van der Waals surface area contributed by atoms with Gasteiger partial charge < -0.3 is 10.2 Å². The summed E-state index contributed by atoms with van der Waals surface area (Å²) in [5.74, 6) is -0.190. The lowest BCUT2D eigenvalue weighted by molar-refractivity contribution is -0.130. The van der Waals surface area contributed by atoms with Gasteiger partial charge in [0.2, 0.25) is 11.8 Å². The zero-order chi connectivity index (χ0) is 13.7. The number of carbonyl (C=O) groups excluding carboxylic acids is 2. The smallest absolute Gasteiger partial charge is 0.245 e.